The minimum atomic E-state index is 0.813. The van der Waals surface area contributed by atoms with Gasteiger partial charge in [-0.25, -0.2) is 0 Å². The van der Waals surface area contributed by atoms with Crippen LogP contribution in [-0.2, 0) is 4.74 Å². The molecule has 1 aliphatic heterocycles. The van der Waals surface area contributed by atoms with Crippen molar-refractivity contribution in [2.75, 3.05) is 31.2 Å². The van der Waals surface area contributed by atoms with Gasteiger partial charge in [-0.05, 0) is 36.8 Å². The van der Waals surface area contributed by atoms with Gasteiger partial charge in [-0.1, -0.05) is 30.6 Å². The molecule has 0 unspecified atom stereocenters. The van der Waals surface area contributed by atoms with Gasteiger partial charge in [0.25, 0.3) is 0 Å². The molecule has 1 fully saturated rings. The highest BCUT2D eigenvalue weighted by Gasteiger charge is 2.10. The van der Waals surface area contributed by atoms with Crippen LogP contribution in [-0.4, -0.2) is 26.3 Å². The van der Waals surface area contributed by atoms with Crippen molar-refractivity contribution in [3.8, 4) is 11.8 Å². The summed E-state index contributed by atoms with van der Waals surface area (Å²) in [5.41, 5.74) is 3.30. The van der Waals surface area contributed by atoms with Crippen molar-refractivity contribution in [2.45, 2.75) is 6.92 Å². The lowest BCUT2D eigenvalue weighted by Gasteiger charge is -2.28. The highest BCUT2D eigenvalue weighted by Crippen LogP contribution is 2.16. The third-order valence-electron chi connectivity index (χ3n) is 3.02. The van der Waals surface area contributed by atoms with Crippen molar-refractivity contribution in [1.82, 2.24) is 0 Å². The first-order valence-corrected chi connectivity index (χ1v) is 6.54. The van der Waals surface area contributed by atoms with Crippen LogP contribution in [0.2, 0.25) is 0 Å². The molecule has 0 bridgehead atoms. The van der Waals surface area contributed by atoms with E-state index in [-0.39, 0.29) is 0 Å². The van der Waals surface area contributed by atoms with E-state index in [0.29, 0.717) is 0 Å². The third-order valence-corrected chi connectivity index (χ3v) is 3.02. The molecule has 1 aliphatic rings. The fourth-order valence-corrected chi connectivity index (χ4v) is 1.97. The zero-order valence-corrected chi connectivity index (χ0v) is 11.4. The number of anilines is 1. The molecule has 0 aromatic heterocycles. The van der Waals surface area contributed by atoms with E-state index in [4.69, 9.17) is 4.74 Å². The summed E-state index contributed by atoms with van der Waals surface area (Å²) < 4.78 is 5.35. The molecule has 0 spiro atoms. The molecule has 2 heteroatoms. The van der Waals surface area contributed by atoms with Gasteiger partial charge < -0.3 is 9.64 Å². The van der Waals surface area contributed by atoms with Crippen LogP contribution in [0.1, 0.15) is 12.5 Å². The summed E-state index contributed by atoms with van der Waals surface area (Å²) in [7, 11) is 0. The maximum Gasteiger partial charge on any atom is 0.0642 e. The Morgan fingerprint density at radius 3 is 2.58 bits per heavy atom. The predicted octanol–water partition coefficient (Wildman–Crippen LogP) is 3.01. The second-order valence-corrected chi connectivity index (χ2v) is 4.48. The summed E-state index contributed by atoms with van der Waals surface area (Å²) in [5.74, 6) is 6.26. The average Bonchev–Trinajstić information content (AvgIpc) is 2.47. The van der Waals surface area contributed by atoms with Crippen molar-refractivity contribution in [1.29, 1.82) is 0 Å². The maximum atomic E-state index is 5.35. The van der Waals surface area contributed by atoms with Crippen molar-refractivity contribution < 1.29 is 4.74 Å². The molecule has 1 heterocycles. The van der Waals surface area contributed by atoms with Gasteiger partial charge in [0.15, 0.2) is 0 Å². The van der Waals surface area contributed by atoms with Crippen LogP contribution in [0.15, 0.2) is 48.6 Å². The van der Waals surface area contributed by atoms with Gasteiger partial charge >= 0.3 is 0 Å². The van der Waals surface area contributed by atoms with Crippen molar-refractivity contribution in [2.24, 2.45) is 0 Å². The summed E-state index contributed by atoms with van der Waals surface area (Å²) in [6.07, 6.45) is 3.67. The van der Waals surface area contributed by atoms with Crippen molar-refractivity contribution >= 4 is 5.69 Å². The summed E-state index contributed by atoms with van der Waals surface area (Å²) in [5, 5.41) is 0. The average molecular weight is 253 g/mol. The first kappa shape index (κ1) is 13.5. The van der Waals surface area contributed by atoms with Crippen molar-refractivity contribution in [3.63, 3.8) is 0 Å². The lowest BCUT2D eigenvalue weighted by atomic mass is 10.1. The molecule has 0 saturated carbocycles. The molecule has 19 heavy (non-hydrogen) atoms. The lowest BCUT2D eigenvalue weighted by Crippen LogP contribution is -2.36. The van der Waals surface area contributed by atoms with Gasteiger partial charge in [-0.15, -0.1) is 0 Å². The Morgan fingerprint density at radius 2 is 1.95 bits per heavy atom. The zero-order valence-electron chi connectivity index (χ0n) is 11.4. The number of morpholine rings is 1. The number of hydrogen-bond donors (Lipinski definition) is 0. The van der Waals surface area contributed by atoms with Crippen LogP contribution in [0.4, 0.5) is 5.69 Å². The standard InChI is InChI=1S/C17H19NO/c1-3-4-15(2)5-6-16-7-9-17(10-8-16)18-11-13-19-14-12-18/h3-4,7-10H,1,11-14H2,2H3/b15-4+. The van der Waals surface area contributed by atoms with E-state index in [1.165, 1.54) is 5.69 Å². The largest absolute Gasteiger partial charge is 0.378 e. The molecule has 0 N–H and O–H groups in total. The van der Waals surface area contributed by atoms with Gasteiger partial charge in [0.05, 0.1) is 13.2 Å². The summed E-state index contributed by atoms with van der Waals surface area (Å²) >= 11 is 0. The van der Waals surface area contributed by atoms with Gasteiger partial charge in [-0.2, -0.15) is 0 Å². The molecule has 0 atom stereocenters. The number of ether oxygens (including phenoxy) is 1. The molecule has 1 saturated heterocycles. The summed E-state index contributed by atoms with van der Waals surface area (Å²) in [4.78, 5) is 2.34. The molecule has 98 valence electrons. The van der Waals surface area contributed by atoms with E-state index in [0.717, 1.165) is 37.4 Å². The minimum absolute atomic E-state index is 0.813. The second kappa shape index (κ2) is 6.82. The molecule has 0 amide bonds. The summed E-state index contributed by atoms with van der Waals surface area (Å²) in [6, 6.07) is 8.39. The Kier molecular flexibility index (Phi) is 4.83. The monoisotopic (exact) mass is 253 g/mol. The summed E-state index contributed by atoms with van der Waals surface area (Å²) in [6.45, 7) is 9.20. The maximum absolute atomic E-state index is 5.35. The fraction of sp³-hybridized carbons (Fsp3) is 0.294. The van der Waals surface area contributed by atoms with Crippen LogP contribution < -0.4 is 4.90 Å². The zero-order chi connectivity index (χ0) is 13.5. The SMILES string of the molecule is C=C/C=C(\C)C#Cc1ccc(N2CCOCC2)cc1. The smallest absolute Gasteiger partial charge is 0.0642 e. The van der Waals surface area contributed by atoms with E-state index in [2.05, 4.69) is 47.6 Å². The molecule has 1 aromatic rings. The van der Waals surface area contributed by atoms with E-state index in [9.17, 15) is 0 Å². The van der Waals surface area contributed by atoms with Crippen LogP contribution in [0.3, 0.4) is 0 Å². The Hall–Kier alpha value is -1.98. The van der Waals surface area contributed by atoms with E-state index in [1.54, 1.807) is 6.08 Å². The molecule has 1 aromatic carbocycles. The lowest BCUT2D eigenvalue weighted by molar-refractivity contribution is 0.122. The molecule has 2 nitrogen and oxygen atoms in total. The number of benzene rings is 1. The highest BCUT2D eigenvalue weighted by atomic mass is 16.5. The van der Waals surface area contributed by atoms with E-state index >= 15 is 0 Å². The molecule has 0 aliphatic carbocycles. The van der Waals surface area contributed by atoms with Crippen LogP contribution in [0.5, 0.6) is 0 Å². The Labute approximate surface area is 115 Å². The Balaban J connectivity index is 2.05. The second-order valence-electron chi connectivity index (χ2n) is 4.48. The van der Waals surface area contributed by atoms with Crippen LogP contribution in [0, 0.1) is 11.8 Å². The number of hydrogen-bond acceptors (Lipinski definition) is 2. The van der Waals surface area contributed by atoms with Gasteiger partial charge in [0, 0.05) is 24.3 Å². The molecule has 0 radical (unpaired) electrons. The van der Waals surface area contributed by atoms with Crippen molar-refractivity contribution in [3.05, 3.63) is 54.1 Å². The van der Waals surface area contributed by atoms with E-state index < -0.39 is 0 Å². The van der Waals surface area contributed by atoms with Crippen LogP contribution in [0.25, 0.3) is 0 Å². The number of allylic oxidation sites excluding steroid dienone is 3. The number of nitrogens with zero attached hydrogens (tertiary/aromatic N) is 1. The Bertz CT molecular complexity index is 510. The predicted molar refractivity (Wildman–Crippen MR) is 80.3 cm³/mol. The first-order valence-electron chi connectivity index (χ1n) is 6.54. The minimum Gasteiger partial charge on any atom is -0.378 e. The Morgan fingerprint density at radius 1 is 1.26 bits per heavy atom. The topological polar surface area (TPSA) is 12.5 Å². The molecular formula is C17H19NO. The quantitative estimate of drug-likeness (QED) is 0.593. The van der Waals surface area contributed by atoms with Gasteiger partial charge in [-0.3, -0.25) is 0 Å². The first-order chi connectivity index (χ1) is 9.29. The third kappa shape index (κ3) is 4.01. The normalized spacial score (nSPS) is 15.6. The number of rotatable bonds is 2. The molecular weight excluding hydrogens is 234 g/mol. The van der Waals surface area contributed by atoms with Gasteiger partial charge in [0.1, 0.15) is 0 Å². The highest BCUT2D eigenvalue weighted by molar-refractivity contribution is 5.51. The molecule has 2 rings (SSSR count). The fourth-order valence-electron chi connectivity index (χ4n) is 1.97. The van der Waals surface area contributed by atoms with E-state index in [1.807, 2.05) is 13.0 Å². The van der Waals surface area contributed by atoms with Crippen LogP contribution >= 0.6 is 0 Å². The van der Waals surface area contributed by atoms with Gasteiger partial charge in [0.2, 0.25) is 0 Å².